The number of hydrogen-bond donors (Lipinski definition) is 0. The van der Waals surface area contributed by atoms with Crippen molar-refractivity contribution in [1.82, 2.24) is 0 Å². The molecule has 1 fully saturated rings. The van der Waals surface area contributed by atoms with E-state index in [1.54, 1.807) is 6.08 Å². The average molecular weight is 402 g/mol. The van der Waals surface area contributed by atoms with Gasteiger partial charge in [0.05, 0.1) is 13.2 Å². The highest BCUT2D eigenvalue weighted by Crippen LogP contribution is 2.34. The summed E-state index contributed by atoms with van der Waals surface area (Å²) in [6, 6.07) is 9.34. The Morgan fingerprint density at radius 3 is 2.39 bits per heavy atom. The van der Waals surface area contributed by atoms with Crippen LogP contribution >= 0.6 is 0 Å². The number of carbonyl (C=O) groups is 1. The summed E-state index contributed by atoms with van der Waals surface area (Å²) in [4.78, 5) is 21.6. The highest BCUT2D eigenvalue weighted by molar-refractivity contribution is 6.24. The fraction of sp³-hybridized carbons (Fsp3) is 0.609. The molecule has 0 bridgehead atoms. The lowest BCUT2D eigenvalue weighted by Crippen LogP contribution is -2.21. The second kappa shape index (κ2) is 13.7. The van der Waals surface area contributed by atoms with Crippen molar-refractivity contribution >= 4 is 21.8 Å². The molecule has 0 aromatic heterocycles. The zero-order valence-corrected chi connectivity index (χ0v) is 18.0. The summed E-state index contributed by atoms with van der Waals surface area (Å²) < 4.78 is 10.7. The Labute approximate surface area is 172 Å². The number of ether oxygens (including phenoxy) is 2. The Balaban J connectivity index is 1.61. The second-order valence-corrected chi connectivity index (χ2v) is 8.32. The highest BCUT2D eigenvalue weighted by atomic mass is 28.2. The van der Waals surface area contributed by atoms with Crippen molar-refractivity contribution in [3.63, 3.8) is 0 Å². The predicted octanol–water partition coefficient (Wildman–Crippen LogP) is 5.33. The van der Waals surface area contributed by atoms with Crippen molar-refractivity contribution in [3.05, 3.63) is 41.5 Å². The zero-order valence-electron chi connectivity index (χ0n) is 17.0. The number of rotatable bonds is 12. The van der Waals surface area contributed by atoms with E-state index < -0.39 is 0 Å². The molecule has 4 nitrogen and oxygen atoms in total. The number of hydrogen-bond acceptors (Lipinski definition) is 3. The molecule has 1 aliphatic carbocycles. The third-order valence-corrected chi connectivity index (χ3v) is 6.03. The third-order valence-electron chi connectivity index (χ3n) is 5.47. The molecular formula is C23H33O4Si. The van der Waals surface area contributed by atoms with Gasteiger partial charge in [-0.25, -0.2) is 4.79 Å². The number of esters is 1. The molecule has 28 heavy (non-hydrogen) atoms. The van der Waals surface area contributed by atoms with E-state index in [0.717, 1.165) is 43.9 Å². The van der Waals surface area contributed by atoms with Gasteiger partial charge in [0.15, 0.2) is 0 Å². The fourth-order valence-electron chi connectivity index (χ4n) is 3.75. The van der Waals surface area contributed by atoms with Crippen molar-refractivity contribution in [1.29, 1.82) is 0 Å². The molecule has 2 rings (SSSR count). The summed E-state index contributed by atoms with van der Waals surface area (Å²) in [5, 5.41) is 0. The first-order valence-electron chi connectivity index (χ1n) is 10.6. The van der Waals surface area contributed by atoms with Gasteiger partial charge in [-0.1, -0.05) is 49.9 Å². The van der Waals surface area contributed by atoms with E-state index >= 15 is 0 Å². The maximum absolute atomic E-state index is 11.2. The van der Waals surface area contributed by atoms with Gasteiger partial charge in [0.25, 0.3) is 9.76 Å². The Morgan fingerprint density at radius 2 is 1.71 bits per heavy atom. The topological polar surface area (TPSA) is 55.4 Å². The van der Waals surface area contributed by atoms with E-state index in [1.807, 2.05) is 0 Å². The SMILES string of the molecule is COC(=O)/C=C/c1ccc(C2CCC(OCCCCCCC[Si][O])CC2)cc1. The molecule has 0 heterocycles. The summed E-state index contributed by atoms with van der Waals surface area (Å²) in [6.07, 6.45) is 14.1. The van der Waals surface area contributed by atoms with Gasteiger partial charge in [0.1, 0.15) is 0 Å². The molecule has 5 heteroatoms. The normalized spacial score (nSPS) is 19.8. The van der Waals surface area contributed by atoms with E-state index in [0.29, 0.717) is 12.0 Å². The van der Waals surface area contributed by atoms with Crippen LogP contribution in [0.3, 0.4) is 0 Å². The van der Waals surface area contributed by atoms with Gasteiger partial charge >= 0.3 is 5.97 Å². The fourth-order valence-corrected chi connectivity index (χ4v) is 4.15. The molecule has 0 atom stereocenters. The van der Waals surface area contributed by atoms with Crippen molar-refractivity contribution < 1.29 is 19.1 Å². The molecule has 0 amide bonds. The molecule has 153 valence electrons. The minimum atomic E-state index is -0.332. The molecule has 0 unspecified atom stereocenters. The lowest BCUT2D eigenvalue weighted by Gasteiger charge is -2.29. The minimum Gasteiger partial charge on any atom is -0.466 e. The van der Waals surface area contributed by atoms with Crippen LogP contribution < -0.4 is 0 Å². The van der Waals surface area contributed by atoms with Gasteiger partial charge in [-0.2, -0.15) is 0 Å². The Bertz CT molecular complexity index is 577. The van der Waals surface area contributed by atoms with Gasteiger partial charge in [-0.05, 0) is 61.3 Å². The number of methoxy groups -OCH3 is 1. The average Bonchev–Trinajstić information content (AvgIpc) is 2.74. The van der Waals surface area contributed by atoms with Crippen molar-refractivity contribution in [2.24, 2.45) is 0 Å². The van der Waals surface area contributed by atoms with Crippen LogP contribution in [0.5, 0.6) is 0 Å². The standard InChI is InChI=1S/C23H33O4Si/c1-26-23(24)16-9-19-7-10-20(11-8-19)21-12-14-22(15-13-21)27-17-5-3-2-4-6-18-28-25/h7-11,16,21-22H,2-6,12-15,17-18H2,1H3/b16-9+. The van der Waals surface area contributed by atoms with Crippen LogP contribution in [0.1, 0.15) is 74.8 Å². The predicted molar refractivity (Wildman–Crippen MR) is 113 cm³/mol. The summed E-state index contributed by atoms with van der Waals surface area (Å²) in [5.41, 5.74) is 2.40. The minimum absolute atomic E-state index is 0.137. The van der Waals surface area contributed by atoms with Crippen molar-refractivity contribution in [2.45, 2.75) is 75.9 Å². The van der Waals surface area contributed by atoms with Gasteiger partial charge in [-0.15, -0.1) is 0 Å². The Kier molecular flexibility index (Phi) is 11.2. The lowest BCUT2D eigenvalue weighted by molar-refractivity contribution is -0.134. The van der Waals surface area contributed by atoms with Gasteiger partial charge in [0, 0.05) is 12.7 Å². The van der Waals surface area contributed by atoms with Crippen molar-refractivity contribution in [3.8, 4) is 0 Å². The maximum atomic E-state index is 11.2. The summed E-state index contributed by atoms with van der Waals surface area (Å²) in [5.74, 6) is 0.280. The van der Waals surface area contributed by atoms with E-state index in [4.69, 9.17) is 4.74 Å². The quantitative estimate of drug-likeness (QED) is 0.206. The molecular weight excluding hydrogens is 368 g/mol. The molecule has 1 aliphatic rings. The molecule has 0 saturated heterocycles. The smallest absolute Gasteiger partial charge is 0.330 e. The summed E-state index contributed by atoms with van der Waals surface area (Å²) in [7, 11) is 1.25. The molecule has 0 spiro atoms. The van der Waals surface area contributed by atoms with Gasteiger partial charge < -0.3 is 9.47 Å². The molecule has 0 aliphatic heterocycles. The largest absolute Gasteiger partial charge is 0.466 e. The first-order chi connectivity index (χ1) is 13.7. The van der Waals surface area contributed by atoms with Crippen LogP contribution in [0.2, 0.25) is 6.04 Å². The number of benzene rings is 1. The zero-order chi connectivity index (χ0) is 20.0. The molecule has 3 radical (unpaired) electrons. The summed E-state index contributed by atoms with van der Waals surface area (Å²) >= 11 is 0. The molecule has 1 saturated carbocycles. The van der Waals surface area contributed by atoms with Crippen LogP contribution in [0.15, 0.2) is 30.3 Å². The van der Waals surface area contributed by atoms with Crippen LogP contribution in [-0.2, 0) is 19.1 Å². The van der Waals surface area contributed by atoms with Crippen LogP contribution in [0.25, 0.3) is 6.08 Å². The summed E-state index contributed by atoms with van der Waals surface area (Å²) in [6.45, 7) is 0.875. The Morgan fingerprint density at radius 1 is 1.04 bits per heavy atom. The van der Waals surface area contributed by atoms with Gasteiger partial charge in [0.2, 0.25) is 0 Å². The maximum Gasteiger partial charge on any atom is 0.330 e. The molecule has 1 aromatic carbocycles. The first-order valence-corrected chi connectivity index (χ1v) is 11.7. The number of carbonyl (C=O) groups excluding carboxylic acids is 1. The lowest BCUT2D eigenvalue weighted by atomic mass is 9.82. The number of unbranched alkanes of at least 4 members (excludes halogenated alkanes) is 4. The van der Waals surface area contributed by atoms with Crippen LogP contribution in [-0.4, -0.2) is 35.6 Å². The highest BCUT2D eigenvalue weighted by Gasteiger charge is 2.22. The van der Waals surface area contributed by atoms with Crippen LogP contribution in [0.4, 0.5) is 0 Å². The Hall–Kier alpha value is -1.43. The van der Waals surface area contributed by atoms with Crippen molar-refractivity contribution in [2.75, 3.05) is 13.7 Å². The molecule has 1 aromatic rings. The second-order valence-electron chi connectivity index (χ2n) is 7.53. The molecule has 0 N–H and O–H groups in total. The van der Waals surface area contributed by atoms with Gasteiger partial charge in [-0.3, -0.25) is 4.80 Å². The monoisotopic (exact) mass is 401 g/mol. The van der Waals surface area contributed by atoms with Crippen LogP contribution in [0, 0.1) is 0 Å². The van der Waals surface area contributed by atoms with E-state index in [9.17, 15) is 9.59 Å². The van der Waals surface area contributed by atoms with E-state index in [-0.39, 0.29) is 15.7 Å². The first kappa shape index (κ1) is 22.9. The van der Waals surface area contributed by atoms with E-state index in [2.05, 4.69) is 29.0 Å². The third kappa shape index (κ3) is 8.72. The van der Waals surface area contributed by atoms with E-state index in [1.165, 1.54) is 50.9 Å².